The highest BCUT2D eigenvalue weighted by Gasteiger charge is 2.18. The van der Waals surface area contributed by atoms with Crippen LogP contribution in [0.5, 0.6) is 0 Å². The minimum Gasteiger partial charge on any atom is -0.309 e. The van der Waals surface area contributed by atoms with Crippen molar-refractivity contribution in [2.24, 2.45) is 0 Å². The Kier molecular flexibility index (Phi) is 7.53. The first-order valence-corrected chi connectivity index (χ1v) is 19.3. The van der Waals surface area contributed by atoms with Crippen molar-refractivity contribution in [1.82, 2.24) is 9.13 Å². The average molecular weight is 713 g/mol. The topological polar surface area (TPSA) is 9.86 Å². The molecule has 0 aliphatic heterocycles. The Morgan fingerprint density at radius 3 is 0.964 bits per heavy atom. The zero-order valence-electron chi connectivity index (χ0n) is 30.7. The molecule has 0 N–H and O–H groups in total. The summed E-state index contributed by atoms with van der Waals surface area (Å²) in [5.41, 5.74) is 16.8. The van der Waals surface area contributed by atoms with Gasteiger partial charge in [-0.1, -0.05) is 158 Å². The Balaban J connectivity index is 1.09. The largest absolute Gasteiger partial charge is 0.309 e. The van der Waals surface area contributed by atoms with Gasteiger partial charge in [-0.25, -0.2) is 0 Å². The summed E-state index contributed by atoms with van der Waals surface area (Å²) in [5.74, 6) is 0. The Hall–Kier alpha value is -7.42. The molecule has 0 saturated heterocycles. The SMILES string of the molecule is c1ccc(-c2ccc(-n3c4ccc(-c5ccc6c(c5)c5ccc(-c7ccccc7)cc5n6-c5ccccc5)cc4c4ccc(-c5ccccc5)cc43)cc2)cc1. The molecule has 11 rings (SSSR count). The second kappa shape index (κ2) is 13.2. The van der Waals surface area contributed by atoms with E-state index in [1.165, 1.54) is 88.1 Å². The van der Waals surface area contributed by atoms with Crippen molar-refractivity contribution < 1.29 is 0 Å². The third kappa shape index (κ3) is 5.34. The van der Waals surface area contributed by atoms with E-state index >= 15 is 0 Å². The number of para-hydroxylation sites is 1. The quantitative estimate of drug-likeness (QED) is 0.162. The average Bonchev–Trinajstić information content (AvgIpc) is 3.79. The van der Waals surface area contributed by atoms with Gasteiger partial charge in [-0.3, -0.25) is 0 Å². The Bertz CT molecular complexity index is 3190. The van der Waals surface area contributed by atoms with Crippen LogP contribution in [0, 0.1) is 0 Å². The predicted octanol–water partition coefficient (Wildman–Crippen LogP) is 14.5. The van der Waals surface area contributed by atoms with E-state index in [9.17, 15) is 0 Å². The minimum atomic E-state index is 1.15. The Morgan fingerprint density at radius 1 is 0.196 bits per heavy atom. The lowest BCUT2D eigenvalue weighted by Crippen LogP contribution is -1.94. The van der Waals surface area contributed by atoms with E-state index < -0.39 is 0 Å². The second-order valence-electron chi connectivity index (χ2n) is 14.6. The molecular formula is C54H36N2. The van der Waals surface area contributed by atoms with Crippen LogP contribution >= 0.6 is 0 Å². The Labute approximate surface area is 325 Å². The number of benzene rings is 9. The molecule has 0 atom stereocenters. The molecule has 0 unspecified atom stereocenters. The molecule has 0 fully saturated rings. The van der Waals surface area contributed by atoms with Gasteiger partial charge in [0.2, 0.25) is 0 Å². The van der Waals surface area contributed by atoms with Crippen LogP contribution in [0.3, 0.4) is 0 Å². The van der Waals surface area contributed by atoms with Gasteiger partial charge < -0.3 is 9.13 Å². The maximum atomic E-state index is 2.43. The molecule has 0 spiro atoms. The van der Waals surface area contributed by atoms with Gasteiger partial charge in [0.1, 0.15) is 0 Å². The number of rotatable bonds is 6. The lowest BCUT2D eigenvalue weighted by atomic mass is 9.99. The van der Waals surface area contributed by atoms with Crippen molar-refractivity contribution in [3.63, 3.8) is 0 Å². The molecule has 2 aromatic heterocycles. The summed E-state index contributed by atoms with van der Waals surface area (Å²) in [6.45, 7) is 0. The monoisotopic (exact) mass is 712 g/mol. The fraction of sp³-hybridized carbons (Fsp3) is 0. The van der Waals surface area contributed by atoms with E-state index in [1.54, 1.807) is 0 Å². The van der Waals surface area contributed by atoms with Crippen molar-refractivity contribution >= 4 is 43.6 Å². The lowest BCUT2D eigenvalue weighted by molar-refractivity contribution is 1.18. The summed E-state index contributed by atoms with van der Waals surface area (Å²) in [6.07, 6.45) is 0. The molecule has 56 heavy (non-hydrogen) atoms. The molecule has 0 radical (unpaired) electrons. The first-order chi connectivity index (χ1) is 27.8. The smallest absolute Gasteiger partial charge is 0.0547 e. The number of fused-ring (bicyclic) bond motifs is 6. The highest BCUT2D eigenvalue weighted by molar-refractivity contribution is 6.13. The van der Waals surface area contributed by atoms with Gasteiger partial charge in [0.25, 0.3) is 0 Å². The first kappa shape index (κ1) is 32.0. The predicted molar refractivity (Wildman–Crippen MR) is 237 cm³/mol. The minimum absolute atomic E-state index is 1.15. The van der Waals surface area contributed by atoms with Crippen LogP contribution in [0.1, 0.15) is 0 Å². The molecular weight excluding hydrogens is 677 g/mol. The van der Waals surface area contributed by atoms with Gasteiger partial charge in [0.05, 0.1) is 22.1 Å². The van der Waals surface area contributed by atoms with Crippen LogP contribution < -0.4 is 0 Å². The van der Waals surface area contributed by atoms with Crippen molar-refractivity contribution in [2.45, 2.75) is 0 Å². The van der Waals surface area contributed by atoms with Crippen molar-refractivity contribution in [1.29, 1.82) is 0 Å². The molecule has 0 saturated carbocycles. The zero-order valence-corrected chi connectivity index (χ0v) is 30.7. The van der Waals surface area contributed by atoms with E-state index in [0.29, 0.717) is 0 Å². The fourth-order valence-corrected chi connectivity index (χ4v) is 8.59. The fourth-order valence-electron chi connectivity index (χ4n) is 8.59. The van der Waals surface area contributed by atoms with Crippen molar-refractivity contribution in [3.8, 4) is 55.9 Å². The van der Waals surface area contributed by atoms with Crippen LogP contribution in [0.15, 0.2) is 218 Å². The number of hydrogen-bond acceptors (Lipinski definition) is 0. The molecule has 262 valence electrons. The van der Waals surface area contributed by atoms with E-state index in [2.05, 4.69) is 228 Å². The molecule has 9 aromatic carbocycles. The van der Waals surface area contributed by atoms with Crippen molar-refractivity contribution in [2.75, 3.05) is 0 Å². The van der Waals surface area contributed by atoms with Crippen LogP contribution in [-0.4, -0.2) is 9.13 Å². The maximum Gasteiger partial charge on any atom is 0.0547 e. The number of aromatic nitrogens is 2. The molecule has 2 nitrogen and oxygen atoms in total. The number of nitrogens with zero attached hydrogens (tertiary/aromatic N) is 2. The second-order valence-corrected chi connectivity index (χ2v) is 14.6. The molecule has 0 aliphatic rings. The van der Waals surface area contributed by atoms with Gasteiger partial charge in [0, 0.05) is 32.9 Å². The molecule has 0 aliphatic carbocycles. The van der Waals surface area contributed by atoms with Gasteiger partial charge in [-0.2, -0.15) is 0 Å². The standard InChI is InChI=1S/C54H36N2/c1-5-13-37(14-6-1)40-21-27-46(28-22-40)56-52-32-26-42(34-50(52)48-30-24-44(36-54(48)56)39-17-9-3-10-18-39)41-25-31-51-49(33-41)47-29-23-43(38-15-7-2-8-16-38)35-53(47)55(51)45-19-11-4-12-20-45/h1-36H. The summed E-state index contributed by atoms with van der Waals surface area (Å²) in [5, 5.41) is 4.97. The third-order valence-electron chi connectivity index (χ3n) is 11.3. The summed E-state index contributed by atoms with van der Waals surface area (Å²) in [4.78, 5) is 0. The molecule has 11 aromatic rings. The summed E-state index contributed by atoms with van der Waals surface area (Å²) in [6, 6.07) is 79.4. The van der Waals surface area contributed by atoms with E-state index in [-0.39, 0.29) is 0 Å². The summed E-state index contributed by atoms with van der Waals surface area (Å²) < 4.78 is 4.84. The highest BCUT2D eigenvalue weighted by atomic mass is 15.0. The Morgan fingerprint density at radius 2 is 0.518 bits per heavy atom. The summed E-state index contributed by atoms with van der Waals surface area (Å²) in [7, 11) is 0. The van der Waals surface area contributed by atoms with Gasteiger partial charge in [-0.05, 0) is 105 Å². The maximum absolute atomic E-state index is 2.43. The third-order valence-corrected chi connectivity index (χ3v) is 11.3. The van der Waals surface area contributed by atoms with Gasteiger partial charge >= 0.3 is 0 Å². The molecule has 0 amide bonds. The molecule has 0 bridgehead atoms. The van der Waals surface area contributed by atoms with Crippen LogP contribution in [0.25, 0.3) is 99.5 Å². The van der Waals surface area contributed by atoms with Gasteiger partial charge in [-0.15, -0.1) is 0 Å². The molecule has 2 heterocycles. The molecule has 2 heteroatoms. The first-order valence-electron chi connectivity index (χ1n) is 19.3. The van der Waals surface area contributed by atoms with Crippen LogP contribution in [-0.2, 0) is 0 Å². The van der Waals surface area contributed by atoms with E-state index in [0.717, 1.165) is 11.4 Å². The van der Waals surface area contributed by atoms with E-state index in [1.807, 2.05) is 0 Å². The highest BCUT2D eigenvalue weighted by Crippen LogP contribution is 2.40. The van der Waals surface area contributed by atoms with E-state index in [4.69, 9.17) is 0 Å². The van der Waals surface area contributed by atoms with Gasteiger partial charge in [0.15, 0.2) is 0 Å². The van der Waals surface area contributed by atoms with Crippen LogP contribution in [0.4, 0.5) is 0 Å². The summed E-state index contributed by atoms with van der Waals surface area (Å²) >= 11 is 0. The zero-order chi connectivity index (χ0) is 37.0. The lowest BCUT2D eigenvalue weighted by Gasteiger charge is -2.11. The number of hydrogen-bond donors (Lipinski definition) is 0. The van der Waals surface area contributed by atoms with Crippen molar-refractivity contribution in [3.05, 3.63) is 218 Å². The van der Waals surface area contributed by atoms with Crippen LogP contribution in [0.2, 0.25) is 0 Å². The normalized spacial score (nSPS) is 11.6.